The van der Waals surface area contributed by atoms with Crippen molar-refractivity contribution in [3.05, 3.63) is 41.4 Å². The molecule has 3 rings (SSSR count). The van der Waals surface area contributed by atoms with Gasteiger partial charge in [-0.15, -0.1) is 0 Å². The van der Waals surface area contributed by atoms with Gasteiger partial charge in [0.2, 0.25) is 5.91 Å². The first-order valence-electron chi connectivity index (χ1n) is 7.33. The second kappa shape index (κ2) is 6.50. The zero-order valence-electron chi connectivity index (χ0n) is 11.8. The lowest BCUT2D eigenvalue weighted by Crippen LogP contribution is -2.48. The molecule has 2 aliphatic heterocycles. The van der Waals surface area contributed by atoms with E-state index in [4.69, 9.17) is 16.3 Å². The molecule has 0 spiro atoms. The van der Waals surface area contributed by atoms with Gasteiger partial charge in [-0.05, 0) is 18.2 Å². The molecule has 1 aromatic carbocycles. The third-order valence-corrected chi connectivity index (χ3v) is 4.14. The summed E-state index contributed by atoms with van der Waals surface area (Å²) in [5, 5.41) is 3.84. The van der Waals surface area contributed by atoms with Crippen molar-refractivity contribution < 1.29 is 9.53 Å². The van der Waals surface area contributed by atoms with Crippen molar-refractivity contribution in [3.63, 3.8) is 0 Å². The lowest BCUT2D eigenvalue weighted by molar-refractivity contribution is -0.133. The average Bonchev–Trinajstić information content (AvgIpc) is 3.01. The first kappa shape index (κ1) is 14.4. The van der Waals surface area contributed by atoms with E-state index >= 15 is 0 Å². The normalized spacial score (nSPS) is 22.5. The van der Waals surface area contributed by atoms with E-state index in [-0.39, 0.29) is 18.1 Å². The van der Waals surface area contributed by atoms with E-state index in [1.54, 1.807) is 0 Å². The monoisotopic (exact) mass is 306 g/mol. The first-order valence-corrected chi connectivity index (χ1v) is 7.71. The van der Waals surface area contributed by atoms with Crippen LogP contribution < -0.4 is 10.1 Å². The van der Waals surface area contributed by atoms with Gasteiger partial charge >= 0.3 is 0 Å². The van der Waals surface area contributed by atoms with E-state index < -0.39 is 0 Å². The van der Waals surface area contributed by atoms with Gasteiger partial charge < -0.3 is 9.64 Å². The summed E-state index contributed by atoms with van der Waals surface area (Å²) in [7, 11) is 0. The number of nitrogens with one attached hydrogen (secondary N) is 1. The largest absolute Gasteiger partial charge is 0.490 e. The molecule has 2 aliphatic rings. The quantitative estimate of drug-likeness (QED) is 0.871. The van der Waals surface area contributed by atoms with E-state index in [9.17, 15) is 4.79 Å². The highest BCUT2D eigenvalue weighted by molar-refractivity contribution is 6.30. The maximum atomic E-state index is 12.3. The molecule has 0 unspecified atom stereocenters. The van der Waals surface area contributed by atoms with Gasteiger partial charge in [0.25, 0.3) is 0 Å². The lowest BCUT2D eigenvalue weighted by Gasteiger charge is -2.33. The summed E-state index contributed by atoms with van der Waals surface area (Å²) in [6, 6.07) is 7.31. The Morgan fingerprint density at radius 2 is 2.14 bits per heavy atom. The van der Waals surface area contributed by atoms with Crippen LogP contribution in [0.1, 0.15) is 12.8 Å². The predicted molar refractivity (Wildman–Crippen MR) is 82.6 cm³/mol. The Bertz CT molecular complexity index is 539. The molecule has 4 nitrogen and oxygen atoms in total. The van der Waals surface area contributed by atoms with Crippen molar-refractivity contribution in [2.75, 3.05) is 19.6 Å². The van der Waals surface area contributed by atoms with Gasteiger partial charge in [-0.3, -0.25) is 10.1 Å². The SMILES string of the molecule is O=C([C@H]1C=CCN1)N1CCC(Oc2cccc(Cl)c2)CC1. The number of likely N-dealkylation sites (tertiary alicyclic amines) is 1. The van der Waals surface area contributed by atoms with Crippen LogP contribution in [0.15, 0.2) is 36.4 Å². The molecule has 5 heteroatoms. The highest BCUT2D eigenvalue weighted by Crippen LogP contribution is 2.22. The Morgan fingerprint density at radius 3 is 2.81 bits per heavy atom. The molecule has 0 saturated carbocycles. The van der Waals surface area contributed by atoms with E-state index in [0.717, 1.165) is 38.2 Å². The number of halogens is 1. The van der Waals surface area contributed by atoms with Crippen LogP contribution in [-0.2, 0) is 4.79 Å². The van der Waals surface area contributed by atoms with Gasteiger partial charge in [-0.1, -0.05) is 29.8 Å². The minimum atomic E-state index is -0.143. The molecule has 1 atom stereocenters. The van der Waals surface area contributed by atoms with Crippen LogP contribution in [0.3, 0.4) is 0 Å². The number of nitrogens with zero attached hydrogens (tertiary/aromatic N) is 1. The molecule has 112 valence electrons. The van der Waals surface area contributed by atoms with Crippen molar-refractivity contribution in [3.8, 4) is 5.75 Å². The van der Waals surface area contributed by atoms with Crippen LogP contribution >= 0.6 is 11.6 Å². The van der Waals surface area contributed by atoms with Gasteiger partial charge in [0, 0.05) is 37.5 Å². The summed E-state index contributed by atoms with van der Waals surface area (Å²) in [6.45, 7) is 2.27. The number of carbonyl (C=O) groups is 1. The van der Waals surface area contributed by atoms with Crippen LogP contribution in [0.5, 0.6) is 5.75 Å². The lowest BCUT2D eigenvalue weighted by atomic mass is 10.1. The van der Waals surface area contributed by atoms with Crippen molar-refractivity contribution in [2.24, 2.45) is 0 Å². The number of piperidine rings is 1. The zero-order valence-corrected chi connectivity index (χ0v) is 12.6. The summed E-state index contributed by atoms with van der Waals surface area (Å²) < 4.78 is 5.94. The van der Waals surface area contributed by atoms with Crippen molar-refractivity contribution in [1.29, 1.82) is 0 Å². The standard InChI is InChI=1S/C16H19ClN2O2/c17-12-3-1-4-14(11-12)21-13-6-9-19(10-7-13)16(20)15-5-2-8-18-15/h1-5,11,13,15,18H,6-10H2/t15-/m1/s1. The number of benzene rings is 1. The Hall–Kier alpha value is -1.52. The van der Waals surface area contributed by atoms with E-state index in [1.807, 2.05) is 41.3 Å². The zero-order chi connectivity index (χ0) is 14.7. The van der Waals surface area contributed by atoms with E-state index in [0.29, 0.717) is 5.02 Å². The van der Waals surface area contributed by atoms with Gasteiger partial charge in [0.1, 0.15) is 17.9 Å². The molecule has 0 bridgehead atoms. The molecule has 0 aliphatic carbocycles. The number of amides is 1. The Kier molecular flexibility index (Phi) is 4.46. The summed E-state index contributed by atoms with van der Waals surface area (Å²) in [6.07, 6.45) is 5.80. The predicted octanol–water partition coefficient (Wildman–Crippen LogP) is 2.24. The third kappa shape index (κ3) is 3.57. The number of hydrogen-bond donors (Lipinski definition) is 1. The highest BCUT2D eigenvalue weighted by Gasteiger charge is 2.28. The molecule has 0 radical (unpaired) electrons. The van der Waals surface area contributed by atoms with Crippen molar-refractivity contribution in [2.45, 2.75) is 25.0 Å². The number of carbonyl (C=O) groups excluding carboxylic acids is 1. The molecule has 2 heterocycles. The molecule has 1 amide bonds. The topological polar surface area (TPSA) is 41.6 Å². The summed E-state index contributed by atoms with van der Waals surface area (Å²) in [4.78, 5) is 14.2. The van der Waals surface area contributed by atoms with Crippen LogP contribution in [0.2, 0.25) is 5.02 Å². The molecule has 1 N–H and O–H groups in total. The first-order chi connectivity index (χ1) is 10.2. The van der Waals surface area contributed by atoms with E-state index in [2.05, 4.69) is 5.32 Å². The number of hydrogen-bond acceptors (Lipinski definition) is 3. The molecular weight excluding hydrogens is 288 g/mol. The second-order valence-corrected chi connectivity index (χ2v) is 5.85. The molecule has 1 aromatic rings. The van der Waals surface area contributed by atoms with E-state index in [1.165, 1.54) is 0 Å². The smallest absolute Gasteiger partial charge is 0.243 e. The Morgan fingerprint density at radius 1 is 1.33 bits per heavy atom. The average molecular weight is 307 g/mol. The van der Waals surface area contributed by atoms with Gasteiger partial charge in [-0.2, -0.15) is 0 Å². The molecule has 0 aromatic heterocycles. The highest BCUT2D eigenvalue weighted by atomic mass is 35.5. The molecule has 21 heavy (non-hydrogen) atoms. The fraction of sp³-hybridized carbons (Fsp3) is 0.438. The minimum absolute atomic E-state index is 0.143. The minimum Gasteiger partial charge on any atom is -0.490 e. The molecular formula is C16H19ClN2O2. The number of ether oxygens (including phenoxy) is 1. The molecule has 1 fully saturated rings. The van der Waals surface area contributed by atoms with Crippen LogP contribution in [0.25, 0.3) is 0 Å². The fourth-order valence-electron chi connectivity index (χ4n) is 2.76. The Labute approximate surface area is 129 Å². The van der Waals surface area contributed by atoms with Gasteiger partial charge in [-0.25, -0.2) is 0 Å². The third-order valence-electron chi connectivity index (χ3n) is 3.90. The van der Waals surface area contributed by atoms with Gasteiger partial charge in [0.05, 0.1) is 0 Å². The van der Waals surface area contributed by atoms with Crippen LogP contribution in [-0.4, -0.2) is 42.6 Å². The van der Waals surface area contributed by atoms with Gasteiger partial charge in [0.15, 0.2) is 0 Å². The number of rotatable bonds is 3. The van der Waals surface area contributed by atoms with Crippen LogP contribution in [0, 0.1) is 0 Å². The summed E-state index contributed by atoms with van der Waals surface area (Å²) >= 11 is 5.95. The second-order valence-electron chi connectivity index (χ2n) is 5.41. The van der Waals surface area contributed by atoms with Crippen molar-refractivity contribution >= 4 is 17.5 Å². The van der Waals surface area contributed by atoms with Crippen molar-refractivity contribution in [1.82, 2.24) is 10.2 Å². The van der Waals surface area contributed by atoms with Crippen LogP contribution in [0.4, 0.5) is 0 Å². The summed E-state index contributed by atoms with van der Waals surface area (Å²) in [5.74, 6) is 0.970. The maximum absolute atomic E-state index is 12.3. The fourth-order valence-corrected chi connectivity index (χ4v) is 2.94. The molecule has 1 saturated heterocycles. The maximum Gasteiger partial charge on any atom is 0.243 e. The Balaban J connectivity index is 1.51. The summed E-state index contributed by atoms with van der Waals surface area (Å²) in [5.41, 5.74) is 0.